The Balaban J connectivity index is 2.31. The quantitative estimate of drug-likeness (QED) is 0.838. The molecule has 2 aromatic rings. The Morgan fingerprint density at radius 1 is 1.28 bits per heavy atom. The van der Waals surface area contributed by atoms with Gasteiger partial charge in [-0.3, -0.25) is 4.98 Å². The molecule has 0 aliphatic rings. The zero-order chi connectivity index (χ0) is 13.1. The van der Waals surface area contributed by atoms with Crippen LogP contribution in [0.5, 0.6) is 0 Å². The van der Waals surface area contributed by atoms with Gasteiger partial charge < -0.3 is 10.6 Å². The van der Waals surface area contributed by atoms with Gasteiger partial charge in [-0.15, -0.1) is 0 Å². The first kappa shape index (κ1) is 12.7. The van der Waals surface area contributed by atoms with E-state index >= 15 is 0 Å². The van der Waals surface area contributed by atoms with E-state index in [0.717, 1.165) is 28.7 Å². The second-order valence-electron chi connectivity index (χ2n) is 5.20. The normalized spacial score (nSPS) is 11.1. The van der Waals surface area contributed by atoms with E-state index in [9.17, 15) is 0 Å². The molecule has 2 N–H and O–H groups in total. The second-order valence-corrected chi connectivity index (χ2v) is 5.20. The molecular weight excluding hydrogens is 222 g/mol. The zero-order valence-electron chi connectivity index (χ0n) is 11.4. The van der Waals surface area contributed by atoms with Gasteiger partial charge in [0.2, 0.25) is 0 Å². The topological polar surface area (TPSA) is 42.2 Å². The van der Waals surface area contributed by atoms with Crippen LogP contribution < -0.4 is 10.6 Å². The molecule has 1 heterocycles. The van der Waals surface area contributed by atoms with Gasteiger partial charge in [0, 0.05) is 36.8 Å². The van der Waals surface area contributed by atoms with E-state index in [4.69, 9.17) is 5.73 Å². The molecule has 0 saturated heterocycles. The second kappa shape index (κ2) is 5.25. The standard InChI is InChI=1S/C15H21N3/c1-11(2)7-9-18(3)14-5-4-12-10-17-8-6-13(12)15(14)16/h4-6,8,10-11H,7,9,16H2,1-3H3. The minimum atomic E-state index is 0.707. The van der Waals surface area contributed by atoms with Crippen molar-refractivity contribution in [2.24, 2.45) is 5.92 Å². The maximum absolute atomic E-state index is 6.26. The fourth-order valence-electron chi connectivity index (χ4n) is 2.09. The van der Waals surface area contributed by atoms with Gasteiger partial charge in [0.05, 0.1) is 11.4 Å². The first-order valence-electron chi connectivity index (χ1n) is 6.43. The molecule has 0 bridgehead atoms. The van der Waals surface area contributed by atoms with E-state index in [1.165, 1.54) is 6.42 Å². The van der Waals surface area contributed by atoms with Gasteiger partial charge in [-0.05, 0) is 24.5 Å². The Morgan fingerprint density at radius 3 is 2.78 bits per heavy atom. The molecule has 96 valence electrons. The Hall–Kier alpha value is -1.77. The molecule has 3 nitrogen and oxygen atoms in total. The molecule has 0 amide bonds. The summed E-state index contributed by atoms with van der Waals surface area (Å²) in [5.41, 5.74) is 8.21. The van der Waals surface area contributed by atoms with Crippen molar-refractivity contribution >= 4 is 22.1 Å². The molecule has 0 fully saturated rings. The van der Waals surface area contributed by atoms with Crippen LogP contribution in [-0.4, -0.2) is 18.6 Å². The molecule has 0 unspecified atom stereocenters. The number of aromatic nitrogens is 1. The average molecular weight is 243 g/mol. The summed E-state index contributed by atoms with van der Waals surface area (Å²) in [5, 5.41) is 2.18. The van der Waals surface area contributed by atoms with Crippen molar-refractivity contribution in [3.05, 3.63) is 30.6 Å². The van der Waals surface area contributed by atoms with Gasteiger partial charge >= 0.3 is 0 Å². The summed E-state index contributed by atoms with van der Waals surface area (Å²) in [6.45, 7) is 5.50. The van der Waals surface area contributed by atoms with Crippen LogP contribution in [0, 0.1) is 5.92 Å². The van der Waals surface area contributed by atoms with Crippen LogP contribution in [0.15, 0.2) is 30.6 Å². The van der Waals surface area contributed by atoms with E-state index in [1.807, 2.05) is 12.3 Å². The van der Waals surface area contributed by atoms with Crippen LogP contribution >= 0.6 is 0 Å². The highest BCUT2D eigenvalue weighted by atomic mass is 15.1. The number of anilines is 2. The van der Waals surface area contributed by atoms with Crippen molar-refractivity contribution in [3.8, 4) is 0 Å². The van der Waals surface area contributed by atoms with Crippen molar-refractivity contribution < 1.29 is 0 Å². The lowest BCUT2D eigenvalue weighted by Gasteiger charge is -2.22. The number of nitrogens with two attached hydrogens (primary N) is 1. The number of nitrogen functional groups attached to an aromatic ring is 1. The summed E-state index contributed by atoms with van der Waals surface area (Å²) in [6.07, 6.45) is 4.81. The van der Waals surface area contributed by atoms with Crippen LogP contribution in [-0.2, 0) is 0 Å². The third-order valence-corrected chi connectivity index (χ3v) is 3.29. The summed E-state index contributed by atoms with van der Waals surface area (Å²) < 4.78 is 0. The third-order valence-electron chi connectivity index (χ3n) is 3.29. The molecule has 0 saturated carbocycles. The first-order valence-corrected chi connectivity index (χ1v) is 6.43. The van der Waals surface area contributed by atoms with Gasteiger partial charge in [-0.1, -0.05) is 19.9 Å². The third kappa shape index (κ3) is 2.55. The number of rotatable bonds is 4. The van der Waals surface area contributed by atoms with Crippen LogP contribution in [0.2, 0.25) is 0 Å². The van der Waals surface area contributed by atoms with Gasteiger partial charge in [0.15, 0.2) is 0 Å². The number of nitrogens with zero attached hydrogens (tertiary/aromatic N) is 2. The van der Waals surface area contributed by atoms with Gasteiger partial charge in [-0.25, -0.2) is 0 Å². The lowest BCUT2D eigenvalue weighted by Crippen LogP contribution is -2.21. The molecule has 18 heavy (non-hydrogen) atoms. The van der Waals surface area contributed by atoms with Crippen molar-refractivity contribution in [2.45, 2.75) is 20.3 Å². The van der Waals surface area contributed by atoms with E-state index in [-0.39, 0.29) is 0 Å². The van der Waals surface area contributed by atoms with Gasteiger partial charge in [0.25, 0.3) is 0 Å². The van der Waals surface area contributed by atoms with Crippen molar-refractivity contribution in [1.82, 2.24) is 4.98 Å². The fourth-order valence-corrected chi connectivity index (χ4v) is 2.09. The van der Waals surface area contributed by atoms with E-state index in [0.29, 0.717) is 5.92 Å². The molecule has 0 radical (unpaired) electrons. The zero-order valence-corrected chi connectivity index (χ0v) is 11.4. The monoisotopic (exact) mass is 243 g/mol. The molecule has 0 aliphatic heterocycles. The Labute approximate surface area is 109 Å². The highest BCUT2D eigenvalue weighted by Crippen LogP contribution is 2.30. The minimum absolute atomic E-state index is 0.707. The molecule has 2 rings (SSSR count). The van der Waals surface area contributed by atoms with E-state index in [2.05, 4.69) is 42.9 Å². The Kier molecular flexibility index (Phi) is 3.70. The van der Waals surface area contributed by atoms with Crippen LogP contribution in [0.1, 0.15) is 20.3 Å². The molecular formula is C15H21N3. The SMILES string of the molecule is CC(C)CCN(C)c1ccc2cnccc2c1N. The fraction of sp³-hybridized carbons (Fsp3) is 0.400. The smallest absolute Gasteiger partial charge is 0.0632 e. The molecule has 1 aromatic carbocycles. The highest BCUT2D eigenvalue weighted by molar-refractivity contribution is 5.98. The number of pyridine rings is 1. The summed E-state index contributed by atoms with van der Waals surface area (Å²) in [5.74, 6) is 0.707. The predicted octanol–water partition coefficient (Wildman–Crippen LogP) is 3.30. The summed E-state index contributed by atoms with van der Waals surface area (Å²) in [4.78, 5) is 6.35. The highest BCUT2D eigenvalue weighted by Gasteiger charge is 2.09. The Bertz CT molecular complexity index is 534. The maximum atomic E-state index is 6.26. The van der Waals surface area contributed by atoms with Crippen molar-refractivity contribution in [2.75, 3.05) is 24.2 Å². The maximum Gasteiger partial charge on any atom is 0.0632 e. The molecule has 0 atom stereocenters. The largest absolute Gasteiger partial charge is 0.397 e. The van der Waals surface area contributed by atoms with Gasteiger partial charge in [-0.2, -0.15) is 0 Å². The molecule has 3 heteroatoms. The summed E-state index contributed by atoms with van der Waals surface area (Å²) in [6, 6.07) is 6.14. The molecule has 0 spiro atoms. The predicted molar refractivity (Wildman–Crippen MR) is 78.9 cm³/mol. The lowest BCUT2D eigenvalue weighted by molar-refractivity contribution is 0.585. The van der Waals surface area contributed by atoms with Gasteiger partial charge in [0.1, 0.15) is 0 Å². The molecule has 0 aliphatic carbocycles. The van der Waals surface area contributed by atoms with Crippen LogP contribution in [0.25, 0.3) is 10.8 Å². The number of hydrogen-bond acceptors (Lipinski definition) is 3. The molecule has 1 aromatic heterocycles. The van der Waals surface area contributed by atoms with Crippen molar-refractivity contribution in [3.63, 3.8) is 0 Å². The summed E-state index contributed by atoms with van der Waals surface area (Å²) in [7, 11) is 2.10. The first-order chi connectivity index (χ1) is 8.59. The average Bonchev–Trinajstić information content (AvgIpc) is 2.37. The number of hydrogen-bond donors (Lipinski definition) is 1. The minimum Gasteiger partial charge on any atom is -0.397 e. The van der Waals surface area contributed by atoms with Crippen LogP contribution in [0.3, 0.4) is 0 Å². The number of fused-ring (bicyclic) bond motifs is 1. The summed E-state index contributed by atoms with van der Waals surface area (Å²) >= 11 is 0. The van der Waals surface area contributed by atoms with E-state index in [1.54, 1.807) is 6.20 Å². The van der Waals surface area contributed by atoms with Crippen LogP contribution in [0.4, 0.5) is 11.4 Å². The van der Waals surface area contributed by atoms with E-state index < -0.39 is 0 Å². The van der Waals surface area contributed by atoms with Crippen molar-refractivity contribution in [1.29, 1.82) is 0 Å². The lowest BCUT2D eigenvalue weighted by atomic mass is 10.1. The Morgan fingerprint density at radius 2 is 2.06 bits per heavy atom. The number of benzene rings is 1.